The van der Waals surface area contributed by atoms with Crippen LogP contribution in [-0.4, -0.2) is 28.2 Å². The quantitative estimate of drug-likeness (QED) is 0.582. The Balaban J connectivity index is 2.99. The van der Waals surface area contributed by atoms with Gasteiger partial charge in [0.05, 0.1) is 0 Å². The van der Waals surface area contributed by atoms with Gasteiger partial charge in [0.2, 0.25) is 0 Å². The van der Waals surface area contributed by atoms with Crippen molar-refractivity contribution < 1.29 is 18.1 Å². The van der Waals surface area contributed by atoms with E-state index in [9.17, 15) is 4.11 Å². The summed E-state index contributed by atoms with van der Waals surface area (Å²) in [5, 5.41) is 9.32. The summed E-state index contributed by atoms with van der Waals surface area (Å²) in [6, 6.07) is 5.70. The molecule has 0 fully saturated rings. The van der Waals surface area contributed by atoms with Gasteiger partial charge in [-0.1, -0.05) is 12.1 Å². The average Bonchev–Trinajstić information content (AvgIpc) is 2.18. The molecule has 0 spiro atoms. The predicted octanol–water partition coefficient (Wildman–Crippen LogP) is 0.800. The molecule has 0 aromatic heterocycles. The van der Waals surface area contributed by atoms with Gasteiger partial charge >= 0.3 is 8.89 Å². The monoisotopic (exact) mass is 202 g/mol. The smallest absolute Gasteiger partial charge is 0.508 e. The highest BCUT2D eigenvalue weighted by Gasteiger charge is 2.40. The van der Waals surface area contributed by atoms with Gasteiger partial charge in [0.15, 0.2) is 0 Å². The Labute approximate surface area is 77.1 Å². The van der Waals surface area contributed by atoms with E-state index in [0.717, 1.165) is 0 Å². The molecule has 0 aliphatic heterocycles. The summed E-state index contributed by atoms with van der Waals surface area (Å²) in [6.07, 6.45) is 0. The van der Waals surface area contributed by atoms with Gasteiger partial charge in [0, 0.05) is 19.4 Å². The first kappa shape index (κ1) is 10.2. The van der Waals surface area contributed by atoms with Crippen molar-refractivity contribution in [3.8, 4) is 5.75 Å². The van der Waals surface area contributed by atoms with Gasteiger partial charge in [-0.05, 0) is 12.1 Å². The molecule has 1 aromatic rings. The SMILES string of the molecule is CO[Si](F)(OC)c1ccc(O)cc1. The lowest BCUT2D eigenvalue weighted by Gasteiger charge is -2.17. The fraction of sp³-hybridized carbons (Fsp3) is 0.250. The minimum absolute atomic E-state index is 0.0901. The van der Waals surface area contributed by atoms with Crippen molar-refractivity contribution in [1.29, 1.82) is 0 Å². The molecule has 0 bridgehead atoms. The molecule has 0 atom stereocenters. The van der Waals surface area contributed by atoms with E-state index in [2.05, 4.69) is 8.85 Å². The van der Waals surface area contributed by atoms with Crippen molar-refractivity contribution in [2.75, 3.05) is 14.2 Å². The summed E-state index contributed by atoms with van der Waals surface area (Å²) < 4.78 is 23.1. The predicted molar refractivity (Wildman–Crippen MR) is 48.6 cm³/mol. The van der Waals surface area contributed by atoms with E-state index < -0.39 is 8.89 Å². The van der Waals surface area contributed by atoms with Crippen LogP contribution in [0.2, 0.25) is 0 Å². The van der Waals surface area contributed by atoms with E-state index in [1.165, 1.54) is 38.5 Å². The molecule has 5 heteroatoms. The van der Waals surface area contributed by atoms with Crippen molar-refractivity contribution in [1.82, 2.24) is 0 Å². The van der Waals surface area contributed by atoms with E-state index in [-0.39, 0.29) is 5.75 Å². The standard InChI is InChI=1S/C8H11FO3Si/c1-11-13(9,12-2)8-5-3-7(10)4-6-8/h3-6,10H,1-2H3. The molecule has 1 aromatic carbocycles. The number of hydrogen-bond acceptors (Lipinski definition) is 3. The average molecular weight is 202 g/mol. The maximum Gasteiger partial charge on any atom is 0.575 e. The van der Waals surface area contributed by atoms with Gasteiger partial charge in [0.25, 0.3) is 0 Å². The first-order valence-electron chi connectivity index (χ1n) is 3.71. The van der Waals surface area contributed by atoms with E-state index >= 15 is 0 Å². The lowest BCUT2D eigenvalue weighted by atomic mass is 10.3. The van der Waals surface area contributed by atoms with Gasteiger partial charge in [-0.3, -0.25) is 0 Å². The summed E-state index contributed by atoms with van der Waals surface area (Å²) >= 11 is 0. The van der Waals surface area contributed by atoms with Crippen LogP contribution in [0.15, 0.2) is 24.3 Å². The van der Waals surface area contributed by atoms with Gasteiger partial charge in [-0.15, -0.1) is 0 Å². The first-order chi connectivity index (χ1) is 6.12. The summed E-state index contributed by atoms with van der Waals surface area (Å²) in [5.74, 6) is 0.0901. The number of halogens is 1. The molecule has 0 saturated carbocycles. The Morgan fingerprint density at radius 3 is 2.00 bits per heavy atom. The van der Waals surface area contributed by atoms with Crippen LogP contribution >= 0.6 is 0 Å². The maximum absolute atomic E-state index is 13.7. The van der Waals surface area contributed by atoms with Crippen LogP contribution in [0.4, 0.5) is 4.11 Å². The number of benzene rings is 1. The highest BCUT2D eigenvalue weighted by atomic mass is 28.4. The van der Waals surface area contributed by atoms with Crippen LogP contribution in [0, 0.1) is 0 Å². The number of rotatable bonds is 3. The maximum atomic E-state index is 13.7. The molecule has 0 radical (unpaired) electrons. The Bertz CT molecular complexity index is 271. The van der Waals surface area contributed by atoms with Crippen molar-refractivity contribution in [2.24, 2.45) is 0 Å². The molecule has 13 heavy (non-hydrogen) atoms. The summed E-state index contributed by atoms with van der Waals surface area (Å²) in [7, 11) is -1.17. The molecule has 0 unspecified atom stereocenters. The summed E-state index contributed by atoms with van der Waals surface area (Å²) in [6.45, 7) is 0. The zero-order chi connectivity index (χ0) is 9.90. The summed E-state index contributed by atoms with van der Waals surface area (Å²) in [5.41, 5.74) is 0. The fourth-order valence-corrected chi connectivity index (χ4v) is 2.18. The molecule has 1 rings (SSSR count). The van der Waals surface area contributed by atoms with Crippen LogP contribution < -0.4 is 5.19 Å². The molecule has 0 amide bonds. The fourth-order valence-electron chi connectivity index (χ4n) is 0.980. The number of hydrogen-bond donors (Lipinski definition) is 1. The molecule has 0 saturated heterocycles. The highest BCUT2D eigenvalue weighted by Crippen LogP contribution is 2.10. The van der Waals surface area contributed by atoms with Crippen LogP contribution in [0.1, 0.15) is 0 Å². The number of phenols is 1. The minimum atomic E-state index is -3.71. The van der Waals surface area contributed by atoms with E-state index in [0.29, 0.717) is 5.19 Å². The molecular formula is C8H11FO3Si. The lowest BCUT2D eigenvalue weighted by molar-refractivity contribution is 0.210. The highest BCUT2D eigenvalue weighted by molar-refractivity contribution is 6.74. The van der Waals surface area contributed by atoms with Crippen molar-refractivity contribution in [3.05, 3.63) is 24.3 Å². The number of aromatic hydroxyl groups is 1. The van der Waals surface area contributed by atoms with Gasteiger partial charge in [-0.2, -0.15) is 0 Å². The third kappa shape index (κ3) is 2.06. The lowest BCUT2D eigenvalue weighted by Crippen LogP contribution is -2.48. The Morgan fingerprint density at radius 2 is 1.62 bits per heavy atom. The molecule has 3 nitrogen and oxygen atoms in total. The largest absolute Gasteiger partial charge is 0.575 e. The second-order valence-electron chi connectivity index (χ2n) is 2.49. The zero-order valence-corrected chi connectivity index (χ0v) is 8.45. The minimum Gasteiger partial charge on any atom is -0.508 e. The Kier molecular flexibility index (Phi) is 3.02. The molecular weight excluding hydrogens is 191 g/mol. The Hall–Kier alpha value is -0.913. The third-order valence-electron chi connectivity index (χ3n) is 1.74. The van der Waals surface area contributed by atoms with Crippen LogP contribution in [0.25, 0.3) is 0 Å². The van der Waals surface area contributed by atoms with Gasteiger partial charge < -0.3 is 14.0 Å². The normalized spacial score (nSPS) is 11.6. The van der Waals surface area contributed by atoms with E-state index in [4.69, 9.17) is 5.11 Å². The molecule has 0 aliphatic carbocycles. The second kappa shape index (κ2) is 3.86. The topological polar surface area (TPSA) is 38.7 Å². The van der Waals surface area contributed by atoms with Crippen LogP contribution in [-0.2, 0) is 8.85 Å². The Morgan fingerprint density at radius 1 is 1.15 bits per heavy atom. The molecule has 1 N–H and O–H groups in total. The van der Waals surface area contributed by atoms with Crippen molar-refractivity contribution in [2.45, 2.75) is 0 Å². The molecule has 0 aliphatic rings. The first-order valence-corrected chi connectivity index (χ1v) is 5.40. The van der Waals surface area contributed by atoms with Crippen molar-refractivity contribution >= 4 is 14.1 Å². The van der Waals surface area contributed by atoms with Crippen LogP contribution in [0.5, 0.6) is 5.75 Å². The van der Waals surface area contributed by atoms with Gasteiger partial charge in [-0.25, -0.2) is 4.11 Å². The van der Waals surface area contributed by atoms with Crippen LogP contribution in [0.3, 0.4) is 0 Å². The molecule has 0 heterocycles. The van der Waals surface area contributed by atoms with E-state index in [1.807, 2.05) is 0 Å². The van der Waals surface area contributed by atoms with E-state index in [1.54, 1.807) is 0 Å². The van der Waals surface area contributed by atoms with Crippen molar-refractivity contribution in [3.63, 3.8) is 0 Å². The van der Waals surface area contributed by atoms with Gasteiger partial charge in [0.1, 0.15) is 5.75 Å². The zero-order valence-electron chi connectivity index (χ0n) is 7.45. The third-order valence-corrected chi connectivity index (χ3v) is 3.81. The molecule has 72 valence electrons. The summed E-state index contributed by atoms with van der Waals surface area (Å²) in [4.78, 5) is 0. The second-order valence-corrected chi connectivity index (χ2v) is 4.96. The number of phenolic OH excluding ortho intramolecular Hbond substituents is 1.